The fourth-order valence-corrected chi connectivity index (χ4v) is 5.19. The van der Waals surface area contributed by atoms with Crippen LogP contribution in [0.1, 0.15) is 25.1 Å². The van der Waals surface area contributed by atoms with Crippen molar-refractivity contribution in [3.63, 3.8) is 0 Å². The maximum Gasteiger partial charge on any atom is 0.250 e. The highest BCUT2D eigenvalue weighted by molar-refractivity contribution is 7.91. The molecule has 2 aromatic heterocycles. The molecule has 0 spiro atoms. The highest BCUT2D eigenvalue weighted by Crippen LogP contribution is 2.24. The van der Waals surface area contributed by atoms with E-state index in [-0.39, 0.29) is 10.8 Å². The second kappa shape index (κ2) is 7.55. The third-order valence-electron chi connectivity index (χ3n) is 4.65. The molecule has 7 nitrogen and oxygen atoms in total. The number of sulfonamides is 1. The van der Waals surface area contributed by atoms with Crippen LogP contribution in [0.4, 0.5) is 0 Å². The molecule has 0 aliphatic carbocycles. The van der Waals surface area contributed by atoms with Gasteiger partial charge < -0.3 is 9.67 Å². The van der Waals surface area contributed by atoms with Crippen molar-refractivity contribution in [3.05, 3.63) is 35.7 Å². The van der Waals surface area contributed by atoms with Gasteiger partial charge in [-0.25, -0.2) is 18.1 Å². The molecule has 1 aliphatic rings. The van der Waals surface area contributed by atoms with Gasteiger partial charge in [0.05, 0.1) is 12.1 Å². The van der Waals surface area contributed by atoms with Crippen LogP contribution in [-0.2, 0) is 23.6 Å². The van der Waals surface area contributed by atoms with Crippen LogP contribution in [0.15, 0.2) is 34.1 Å². The maximum absolute atomic E-state index is 12.2. The number of aromatic nitrogens is 2. The van der Waals surface area contributed by atoms with Crippen molar-refractivity contribution in [1.82, 2.24) is 19.2 Å². The van der Waals surface area contributed by atoms with E-state index in [9.17, 15) is 13.5 Å². The second-order valence-electron chi connectivity index (χ2n) is 6.57. The van der Waals surface area contributed by atoms with Gasteiger partial charge in [0.2, 0.25) is 10.0 Å². The van der Waals surface area contributed by atoms with E-state index in [1.165, 1.54) is 11.3 Å². The zero-order valence-electron chi connectivity index (χ0n) is 14.3. The van der Waals surface area contributed by atoms with Crippen molar-refractivity contribution < 1.29 is 13.5 Å². The smallest absolute Gasteiger partial charge is 0.250 e. The Morgan fingerprint density at radius 3 is 2.92 bits per heavy atom. The monoisotopic (exact) mass is 384 g/mol. The molecule has 0 amide bonds. The van der Waals surface area contributed by atoms with Crippen molar-refractivity contribution in [3.8, 4) is 0 Å². The molecule has 3 heterocycles. The molecular weight excluding hydrogens is 360 g/mol. The number of nitrogens with zero attached hydrogens (tertiary/aromatic N) is 3. The van der Waals surface area contributed by atoms with Crippen LogP contribution < -0.4 is 4.72 Å². The van der Waals surface area contributed by atoms with Crippen LogP contribution in [0, 0.1) is 0 Å². The van der Waals surface area contributed by atoms with Gasteiger partial charge in [0.25, 0.3) is 0 Å². The summed E-state index contributed by atoms with van der Waals surface area (Å²) in [7, 11) is -1.58. The minimum absolute atomic E-state index is 0.0451. The summed E-state index contributed by atoms with van der Waals surface area (Å²) in [5.41, 5.74) is -1.01. The quantitative estimate of drug-likeness (QED) is 0.781. The molecule has 1 saturated heterocycles. The molecule has 1 aliphatic heterocycles. The Morgan fingerprint density at radius 1 is 1.40 bits per heavy atom. The summed E-state index contributed by atoms with van der Waals surface area (Å²) in [6, 6.07) is 3.27. The van der Waals surface area contributed by atoms with E-state index in [4.69, 9.17) is 0 Å². The molecule has 2 aromatic rings. The van der Waals surface area contributed by atoms with E-state index in [1.54, 1.807) is 23.7 Å². The zero-order valence-corrected chi connectivity index (χ0v) is 15.9. The minimum Gasteiger partial charge on any atom is -0.388 e. The van der Waals surface area contributed by atoms with Crippen LogP contribution in [0.3, 0.4) is 0 Å². The molecule has 3 rings (SSSR count). The van der Waals surface area contributed by atoms with Gasteiger partial charge >= 0.3 is 0 Å². The number of aliphatic hydroxyl groups is 1. The van der Waals surface area contributed by atoms with Gasteiger partial charge in [0.15, 0.2) is 0 Å². The largest absolute Gasteiger partial charge is 0.388 e. The Balaban J connectivity index is 1.57. The fraction of sp³-hybridized carbons (Fsp3) is 0.562. The Labute approximate surface area is 152 Å². The first kappa shape index (κ1) is 18.5. The van der Waals surface area contributed by atoms with Gasteiger partial charge in [-0.05, 0) is 37.3 Å². The minimum atomic E-state index is -3.54. The number of hydrogen-bond acceptors (Lipinski definition) is 6. The molecule has 138 valence electrons. The Kier molecular flexibility index (Phi) is 5.59. The molecule has 0 saturated carbocycles. The first-order chi connectivity index (χ1) is 11.9. The topological polar surface area (TPSA) is 87.5 Å². The SMILES string of the molecule is Cn1ccnc1CN1CCC[C@](O)(CNS(=O)(=O)c2cccs2)CC1. The van der Waals surface area contributed by atoms with Gasteiger partial charge in [-0.3, -0.25) is 4.90 Å². The van der Waals surface area contributed by atoms with E-state index in [1.807, 2.05) is 17.8 Å². The molecule has 0 radical (unpaired) electrons. The van der Waals surface area contributed by atoms with Crippen molar-refractivity contribution >= 4 is 21.4 Å². The fourth-order valence-electron chi connectivity index (χ4n) is 3.04. The molecular formula is C16H24N4O3S2. The Bertz CT molecular complexity index is 788. The molecule has 0 bridgehead atoms. The third kappa shape index (κ3) is 4.68. The number of thiophene rings is 1. The average molecular weight is 385 g/mol. The number of rotatable bonds is 6. The molecule has 25 heavy (non-hydrogen) atoms. The Hall–Kier alpha value is -1.26. The van der Waals surface area contributed by atoms with Crippen molar-refractivity contribution in [2.75, 3.05) is 19.6 Å². The first-order valence-electron chi connectivity index (χ1n) is 8.32. The number of nitrogens with one attached hydrogen (secondary N) is 1. The van der Waals surface area contributed by atoms with Crippen LogP contribution in [-0.4, -0.2) is 53.2 Å². The van der Waals surface area contributed by atoms with Crippen LogP contribution in [0.5, 0.6) is 0 Å². The zero-order chi connectivity index (χ0) is 17.9. The van der Waals surface area contributed by atoms with Crippen molar-refractivity contribution in [2.45, 2.75) is 35.6 Å². The highest BCUT2D eigenvalue weighted by Gasteiger charge is 2.32. The number of likely N-dealkylation sites (tertiary alicyclic amines) is 1. The summed E-state index contributed by atoms with van der Waals surface area (Å²) in [4.78, 5) is 6.60. The first-order valence-corrected chi connectivity index (χ1v) is 10.7. The number of hydrogen-bond donors (Lipinski definition) is 2. The standard InChI is InChI=1S/C16H24N4O3S2/c1-19-10-7-17-14(19)12-20-8-3-5-16(21,6-9-20)13-18-25(22,23)15-4-2-11-24-15/h2,4,7,10-11,18,21H,3,5-6,8-9,12-13H2,1H3/t16-/m1/s1. The van der Waals surface area contributed by atoms with Gasteiger partial charge in [-0.2, -0.15) is 0 Å². The van der Waals surface area contributed by atoms with Gasteiger partial charge in [-0.1, -0.05) is 6.07 Å². The lowest BCUT2D eigenvalue weighted by Gasteiger charge is -2.27. The normalized spacial score (nSPS) is 22.8. The van der Waals surface area contributed by atoms with E-state index >= 15 is 0 Å². The lowest BCUT2D eigenvalue weighted by molar-refractivity contribution is 0.0304. The van der Waals surface area contributed by atoms with Crippen LogP contribution in [0.25, 0.3) is 0 Å². The van der Waals surface area contributed by atoms with E-state index in [0.29, 0.717) is 19.4 Å². The third-order valence-corrected chi connectivity index (χ3v) is 7.45. The molecule has 1 fully saturated rings. The van der Waals surface area contributed by atoms with Gasteiger partial charge in [0.1, 0.15) is 10.0 Å². The average Bonchev–Trinajstić information content (AvgIpc) is 3.20. The highest BCUT2D eigenvalue weighted by atomic mass is 32.2. The summed E-state index contributed by atoms with van der Waals surface area (Å²) in [6.07, 6.45) is 5.63. The van der Waals surface area contributed by atoms with Gasteiger partial charge in [-0.15, -0.1) is 11.3 Å². The molecule has 1 atom stereocenters. The molecule has 9 heteroatoms. The lowest BCUT2D eigenvalue weighted by Crippen LogP contribution is -2.43. The summed E-state index contributed by atoms with van der Waals surface area (Å²) < 4.78 is 29.3. The van der Waals surface area contributed by atoms with E-state index < -0.39 is 15.6 Å². The van der Waals surface area contributed by atoms with Crippen molar-refractivity contribution in [1.29, 1.82) is 0 Å². The van der Waals surface area contributed by atoms with E-state index in [0.717, 1.165) is 25.3 Å². The number of imidazole rings is 1. The summed E-state index contributed by atoms with van der Waals surface area (Å²) in [6.45, 7) is 2.36. The Morgan fingerprint density at radius 2 is 2.24 bits per heavy atom. The molecule has 0 unspecified atom stereocenters. The molecule has 2 N–H and O–H groups in total. The summed E-state index contributed by atoms with van der Waals surface area (Å²) >= 11 is 1.17. The lowest BCUT2D eigenvalue weighted by atomic mass is 9.95. The second-order valence-corrected chi connectivity index (χ2v) is 9.51. The van der Waals surface area contributed by atoms with Crippen LogP contribution in [0.2, 0.25) is 0 Å². The predicted molar refractivity (Wildman–Crippen MR) is 96.8 cm³/mol. The maximum atomic E-state index is 12.2. The predicted octanol–water partition coefficient (Wildman–Crippen LogP) is 1.18. The van der Waals surface area contributed by atoms with Crippen LogP contribution >= 0.6 is 11.3 Å². The van der Waals surface area contributed by atoms with E-state index in [2.05, 4.69) is 14.6 Å². The van der Waals surface area contributed by atoms with Gasteiger partial charge in [0, 0.05) is 32.5 Å². The summed E-state index contributed by atoms with van der Waals surface area (Å²) in [5.74, 6) is 0.990. The summed E-state index contributed by atoms with van der Waals surface area (Å²) in [5, 5.41) is 12.6. The number of aryl methyl sites for hydroxylation is 1. The molecule has 0 aromatic carbocycles. The van der Waals surface area contributed by atoms with Crippen molar-refractivity contribution in [2.24, 2.45) is 7.05 Å².